The topological polar surface area (TPSA) is 20.2 Å². The number of hydrogen-bond acceptors (Lipinski definition) is 1. The lowest BCUT2D eigenvalue weighted by molar-refractivity contribution is 0.225. The van der Waals surface area contributed by atoms with Gasteiger partial charge in [-0.05, 0) is 113 Å². The Balaban J connectivity index is 4.25. The van der Waals surface area contributed by atoms with Gasteiger partial charge in [0.15, 0.2) is 0 Å². The molecular formula is C30H50O. The number of aliphatic hydroxyl groups is 1. The normalized spacial score (nSPS) is 14.5. The molecule has 1 nitrogen and oxygen atoms in total. The van der Waals surface area contributed by atoms with E-state index in [0.717, 1.165) is 51.4 Å². The fraction of sp³-hybridized carbons (Fsp3) is 0.600. The highest BCUT2D eigenvalue weighted by Gasteiger charge is 2.00. The van der Waals surface area contributed by atoms with Gasteiger partial charge in [-0.3, -0.25) is 0 Å². The summed E-state index contributed by atoms with van der Waals surface area (Å²) >= 11 is 0. The minimum absolute atomic E-state index is 0.376. The van der Waals surface area contributed by atoms with Crippen LogP contribution in [0.3, 0.4) is 0 Å². The summed E-state index contributed by atoms with van der Waals surface area (Å²) in [5, 5.41) is 10.3. The fourth-order valence-electron chi connectivity index (χ4n) is 3.38. The first-order valence-electron chi connectivity index (χ1n) is 12.2. The second-order valence-corrected chi connectivity index (χ2v) is 9.69. The monoisotopic (exact) mass is 426 g/mol. The van der Waals surface area contributed by atoms with E-state index in [1.54, 1.807) is 0 Å². The molecule has 0 aromatic heterocycles. The average Bonchev–Trinajstić information content (AvgIpc) is 2.65. The van der Waals surface area contributed by atoms with E-state index in [2.05, 4.69) is 85.8 Å². The summed E-state index contributed by atoms with van der Waals surface area (Å²) in [7, 11) is 0. The average molecular weight is 427 g/mol. The van der Waals surface area contributed by atoms with Gasteiger partial charge in [0.05, 0.1) is 6.10 Å². The van der Waals surface area contributed by atoms with E-state index in [0.29, 0.717) is 6.42 Å². The van der Waals surface area contributed by atoms with Gasteiger partial charge in [0.2, 0.25) is 0 Å². The zero-order valence-corrected chi connectivity index (χ0v) is 21.9. The Morgan fingerprint density at radius 2 is 0.871 bits per heavy atom. The molecule has 0 bridgehead atoms. The van der Waals surface area contributed by atoms with E-state index in [1.807, 2.05) is 6.08 Å². The molecule has 0 saturated heterocycles. The number of rotatable bonds is 15. The highest BCUT2D eigenvalue weighted by atomic mass is 16.3. The van der Waals surface area contributed by atoms with Crippen molar-refractivity contribution >= 4 is 0 Å². The van der Waals surface area contributed by atoms with Gasteiger partial charge in [0, 0.05) is 0 Å². The maximum Gasteiger partial charge on any atom is 0.0757 e. The van der Waals surface area contributed by atoms with Crippen molar-refractivity contribution in [3.05, 3.63) is 69.9 Å². The Morgan fingerprint density at radius 3 is 1.29 bits per heavy atom. The largest absolute Gasteiger partial charge is 0.389 e. The molecule has 0 fully saturated rings. The van der Waals surface area contributed by atoms with Crippen LogP contribution in [-0.2, 0) is 0 Å². The molecule has 0 rings (SSSR count). The van der Waals surface area contributed by atoms with E-state index < -0.39 is 0 Å². The predicted octanol–water partition coefficient (Wildman–Crippen LogP) is 9.58. The first-order chi connectivity index (χ1) is 14.6. The van der Waals surface area contributed by atoms with Crippen LogP contribution >= 0.6 is 0 Å². The summed E-state index contributed by atoms with van der Waals surface area (Å²) in [4.78, 5) is 0. The molecule has 0 aromatic carbocycles. The second-order valence-electron chi connectivity index (χ2n) is 9.69. The Labute approximate surface area is 194 Å². The summed E-state index contributed by atoms with van der Waals surface area (Å²) in [6, 6.07) is 0. The second kappa shape index (κ2) is 18.0. The molecule has 0 saturated carbocycles. The smallest absolute Gasteiger partial charge is 0.0757 e. The summed E-state index contributed by atoms with van der Waals surface area (Å²) < 4.78 is 0. The SMILES string of the molecule is CC(C)=CCC/C(C)=C/CC/C(C)=C/C[C@@H](O)/C=C(\C)CC/C=C(\C)CCC=C(C)C. The van der Waals surface area contributed by atoms with Crippen molar-refractivity contribution in [2.24, 2.45) is 0 Å². The third-order valence-corrected chi connectivity index (χ3v) is 5.43. The van der Waals surface area contributed by atoms with Crippen LogP contribution in [0, 0.1) is 0 Å². The lowest BCUT2D eigenvalue weighted by Crippen LogP contribution is -2.01. The molecule has 0 spiro atoms. The molecule has 1 heteroatoms. The molecule has 0 aromatic rings. The van der Waals surface area contributed by atoms with Crippen molar-refractivity contribution in [2.75, 3.05) is 0 Å². The van der Waals surface area contributed by atoms with Crippen LogP contribution < -0.4 is 0 Å². The van der Waals surface area contributed by atoms with Crippen LogP contribution in [0.5, 0.6) is 0 Å². The third kappa shape index (κ3) is 20.1. The van der Waals surface area contributed by atoms with Crippen molar-refractivity contribution in [1.29, 1.82) is 0 Å². The number of allylic oxidation sites excluding steroid dienone is 10. The maximum absolute atomic E-state index is 10.3. The van der Waals surface area contributed by atoms with Crippen molar-refractivity contribution in [3.8, 4) is 0 Å². The van der Waals surface area contributed by atoms with Gasteiger partial charge in [0.25, 0.3) is 0 Å². The molecule has 0 aliphatic heterocycles. The zero-order valence-electron chi connectivity index (χ0n) is 21.9. The maximum atomic E-state index is 10.3. The highest BCUT2D eigenvalue weighted by molar-refractivity contribution is 5.10. The van der Waals surface area contributed by atoms with Crippen molar-refractivity contribution in [2.45, 2.75) is 119 Å². The minimum Gasteiger partial charge on any atom is -0.389 e. The Hall–Kier alpha value is -1.60. The Bertz CT molecular complexity index is 671. The van der Waals surface area contributed by atoms with Gasteiger partial charge in [-0.15, -0.1) is 0 Å². The van der Waals surface area contributed by atoms with Gasteiger partial charge < -0.3 is 5.11 Å². The summed E-state index contributed by atoms with van der Waals surface area (Å²) in [6.45, 7) is 17.4. The highest BCUT2D eigenvalue weighted by Crippen LogP contribution is 2.15. The quantitative estimate of drug-likeness (QED) is 0.258. The molecule has 0 aliphatic carbocycles. The van der Waals surface area contributed by atoms with Crippen LogP contribution in [0.15, 0.2) is 69.9 Å². The van der Waals surface area contributed by atoms with E-state index in [4.69, 9.17) is 0 Å². The van der Waals surface area contributed by atoms with E-state index >= 15 is 0 Å². The first kappa shape index (κ1) is 29.4. The molecule has 176 valence electrons. The first-order valence-corrected chi connectivity index (χ1v) is 12.2. The minimum atomic E-state index is -0.376. The van der Waals surface area contributed by atoms with E-state index in [9.17, 15) is 5.11 Å². The van der Waals surface area contributed by atoms with Gasteiger partial charge in [-0.2, -0.15) is 0 Å². The molecular weight excluding hydrogens is 376 g/mol. The molecule has 31 heavy (non-hydrogen) atoms. The van der Waals surface area contributed by atoms with Crippen LogP contribution in [0.1, 0.15) is 113 Å². The molecule has 0 radical (unpaired) electrons. The molecule has 0 unspecified atom stereocenters. The van der Waals surface area contributed by atoms with E-state index in [1.165, 1.54) is 33.4 Å². The lowest BCUT2D eigenvalue weighted by atomic mass is 10.0. The Kier molecular flexibility index (Phi) is 17.1. The van der Waals surface area contributed by atoms with Crippen molar-refractivity contribution < 1.29 is 5.11 Å². The van der Waals surface area contributed by atoms with E-state index in [-0.39, 0.29) is 6.10 Å². The van der Waals surface area contributed by atoms with Crippen molar-refractivity contribution in [3.63, 3.8) is 0 Å². The number of hydrogen-bond donors (Lipinski definition) is 1. The van der Waals surface area contributed by atoms with Gasteiger partial charge in [-0.25, -0.2) is 0 Å². The van der Waals surface area contributed by atoms with Crippen LogP contribution in [0.25, 0.3) is 0 Å². The zero-order chi connectivity index (χ0) is 23.6. The molecule has 1 N–H and O–H groups in total. The predicted molar refractivity (Wildman–Crippen MR) is 141 cm³/mol. The van der Waals surface area contributed by atoms with Gasteiger partial charge in [0.1, 0.15) is 0 Å². The van der Waals surface area contributed by atoms with Gasteiger partial charge >= 0.3 is 0 Å². The number of aliphatic hydroxyl groups excluding tert-OH is 1. The van der Waals surface area contributed by atoms with Crippen molar-refractivity contribution in [1.82, 2.24) is 0 Å². The third-order valence-electron chi connectivity index (χ3n) is 5.43. The standard InChI is InChI=1S/C30H50O/c1-24(2)13-9-15-26(5)17-11-19-28(7)21-22-30(31)23-29(8)20-12-18-27(6)16-10-14-25(3)4/h13-14,17-18,21,23,30-31H,9-12,15-16,19-20,22H2,1-8H3/b26-17+,27-18+,28-21+,29-23+/t30-/m1/s1. The van der Waals surface area contributed by atoms with Crippen LogP contribution in [0.4, 0.5) is 0 Å². The fourth-order valence-corrected chi connectivity index (χ4v) is 3.38. The van der Waals surface area contributed by atoms with Crippen LogP contribution in [-0.4, -0.2) is 11.2 Å². The summed E-state index contributed by atoms with van der Waals surface area (Å²) in [5.41, 5.74) is 8.38. The lowest BCUT2D eigenvalue weighted by Gasteiger charge is -2.07. The molecule has 0 aliphatic rings. The van der Waals surface area contributed by atoms with Crippen LogP contribution in [0.2, 0.25) is 0 Å². The summed E-state index contributed by atoms with van der Waals surface area (Å²) in [6.07, 6.45) is 22.7. The Morgan fingerprint density at radius 1 is 0.516 bits per heavy atom. The molecule has 0 heterocycles. The van der Waals surface area contributed by atoms with Gasteiger partial charge in [-0.1, -0.05) is 69.9 Å². The molecule has 1 atom stereocenters. The molecule has 0 amide bonds. The summed E-state index contributed by atoms with van der Waals surface area (Å²) in [5.74, 6) is 0.